The summed E-state index contributed by atoms with van der Waals surface area (Å²) in [6, 6.07) is 5.02. The molecule has 6 heteroatoms. The summed E-state index contributed by atoms with van der Waals surface area (Å²) in [6.45, 7) is 0. The Morgan fingerprint density at radius 2 is 1.83 bits per heavy atom. The highest BCUT2D eigenvalue weighted by atomic mass is 79.9. The van der Waals surface area contributed by atoms with E-state index in [1.54, 1.807) is 0 Å². The van der Waals surface area contributed by atoms with Crippen LogP contribution in [0.4, 0.5) is 8.78 Å². The van der Waals surface area contributed by atoms with Crippen LogP contribution in [0.1, 0.15) is 11.1 Å². The Morgan fingerprint density at radius 3 is 2.44 bits per heavy atom. The van der Waals surface area contributed by atoms with Crippen molar-refractivity contribution in [2.24, 2.45) is 5.16 Å². The summed E-state index contributed by atoms with van der Waals surface area (Å²) in [7, 11) is 0. The number of aromatic nitrogens is 1. The molecule has 1 aromatic heterocycles. The normalized spacial score (nSPS) is 11.6. The number of hydrogen-bond donors (Lipinski definition) is 1. The van der Waals surface area contributed by atoms with E-state index in [4.69, 9.17) is 5.21 Å². The second kappa shape index (κ2) is 5.22. The summed E-state index contributed by atoms with van der Waals surface area (Å²) in [5.74, 6) is -1.32. The van der Waals surface area contributed by atoms with Crippen LogP contribution in [0, 0.1) is 11.6 Å². The lowest BCUT2D eigenvalue weighted by Gasteiger charge is -2.07. The number of benzene rings is 1. The summed E-state index contributed by atoms with van der Waals surface area (Å²) < 4.78 is 27.2. The molecule has 0 radical (unpaired) electrons. The van der Waals surface area contributed by atoms with E-state index in [0.29, 0.717) is 5.56 Å². The minimum absolute atomic E-state index is 0.00997. The zero-order valence-electron chi connectivity index (χ0n) is 8.94. The minimum Gasteiger partial charge on any atom is -0.410 e. The van der Waals surface area contributed by atoms with Gasteiger partial charge < -0.3 is 5.21 Å². The third-order valence-electron chi connectivity index (χ3n) is 2.32. The molecule has 0 aliphatic heterocycles. The zero-order chi connectivity index (χ0) is 13.1. The molecule has 0 atom stereocenters. The van der Waals surface area contributed by atoms with Gasteiger partial charge in [0.1, 0.15) is 17.3 Å². The number of hydrogen-bond acceptors (Lipinski definition) is 3. The summed E-state index contributed by atoms with van der Waals surface area (Å²) in [5, 5.41) is 12.0. The highest BCUT2D eigenvalue weighted by molar-refractivity contribution is 9.10. The Bertz CT molecular complexity index is 603. The lowest BCUT2D eigenvalue weighted by Crippen LogP contribution is -2.07. The molecule has 92 valence electrons. The van der Waals surface area contributed by atoms with Crippen LogP contribution in [-0.2, 0) is 0 Å². The maximum Gasteiger partial charge on any atom is 0.138 e. The molecule has 0 fully saturated rings. The predicted octanol–water partition coefficient (Wildman–Crippen LogP) is 3.35. The number of rotatable bonds is 2. The van der Waals surface area contributed by atoms with E-state index in [0.717, 1.165) is 12.1 Å². The average molecular weight is 313 g/mol. The molecular formula is C12H7BrF2N2O. The van der Waals surface area contributed by atoms with Crippen LogP contribution in [0.15, 0.2) is 46.3 Å². The quantitative estimate of drug-likeness (QED) is 0.400. The second-order valence-corrected chi connectivity index (χ2v) is 4.28. The summed E-state index contributed by atoms with van der Waals surface area (Å²) >= 11 is 2.88. The topological polar surface area (TPSA) is 45.5 Å². The summed E-state index contributed by atoms with van der Waals surface area (Å²) in [4.78, 5) is 3.80. The molecule has 0 unspecified atom stereocenters. The van der Waals surface area contributed by atoms with E-state index in [-0.39, 0.29) is 15.7 Å². The van der Waals surface area contributed by atoms with Crippen LogP contribution in [0.3, 0.4) is 0 Å². The standard InChI is InChI=1S/C12H7BrF2N2O/c13-9-6-10(14)8(5-11(9)15)12(17-18)7-1-3-16-4-2-7/h1-6,18H. The first-order valence-electron chi connectivity index (χ1n) is 4.91. The van der Waals surface area contributed by atoms with Crippen LogP contribution in [0.2, 0.25) is 0 Å². The third-order valence-corrected chi connectivity index (χ3v) is 2.93. The van der Waals surface area contributed by atoms with Crippen molar-refractivity contribution in [1.82, 2.24) is 4.98 Å². The van der Waals surface area contributed by atoms with Gasteiger partial charge in [0, 0.05) is 23.5 Å². The molecule has 0 aliphatic rings. The fourth-order valence-electron chi connectivity index (χ4n) is 1.48. The van der Waals surface area contributed by atoms with E-state index in [1.807, 2.05) is 0 Å². The van der Waals surface area contributed by atoms with Crippen LogP contribution >= 0.6 is 15.9 Å². The smallest absolute Gasteiger partial charge is 0.138 e. The van der Waals surface area contributed by atoms with Crippen molar-refractivity contribution in [2.45, 2.75) is 0 Å². The highest BCUT2D eigenvalue weighted by Gasteiger charge is 2.15. The lowest BCUT2D eigenvalue weighted by molar-refractivity contribution is 0.319. The number of pyridine rings is 1. The van der Waals surface area contributed by atoms with Crippen molar-refractivity contribution in [3.63, 3.8) is 0 Å². The average Bonchev–Trinajstić information content (AvgIpc) is 2.38. The molecule has 1 aromatic carbocycles. The van der Waals surface area contributed by atoms with Gasteiger partial charge in [-0.15, -0.1) is 0 Å². The minimum atomic E-state index is -0.687. The lowest BCUT2D eigenvalue weighted by atomic mass is 10.0. The van der Waals surface area contributed by atoms with E-state index in [2.05, 4.69) is 26.1 Å². The number of nitrogens with zero attached hydrogens (tertiary/aromatic N) is 2. The van der Waals surface area contributed by atoms with E-state index in [9.17, 15) is 8.78 Å². The van der Waals surface area contributed by atoms with Crippen LogP contribution < -0.4 is 0 Å². The largest absolute Gasteiger partial charge is 0.410 e. The highest BCUT2D eigenvalue weighted by Crippen LogP contribution is 2.22. The van der Waals surface area contributed by atoms with Gasteiger partial charge >= 0.3 is 0 Å². The van der Waals surface area contributed by atoms with Crippen molar-refractivity contribution < 1.29 is 14.0 Å². The van der Waals surface area contributed by atoms with Gasteiger partial charge in [0.05, 0.1) is 4.47 Å². The van der Waals surface area contributed by atoms with Crippen molar-refractivity contribution in [1.29, 1.82) is 0 Å². The fourth-order valence-corrected chi connectivity index (χ4v) is 1.80. The predicted molar refractivity (Wildman–Crippen MR) is 65.7 cm³/mol. The number of oxime groups is 1. The molecule has 2 aromatic rings. The molecule has 0 bridgehead atoms. The first-order valence-corrected chi connectivity index (χ1v) is 5.70. The molecule has 0 saturated carbocycles. The molecule has 18 heavy (non-hydrogen) atoms. The Kier molecular flexibility index (Phi) is 3.66. The van der Waals surface area contributed by atoms with Gasteiger partial charge in [-0.2, -0.15) is 0 Å². The first-order chi connectivity index (χ1) is 8.63. The third kappa shape index (κ3) is 2.38. The monoisotopic (exact) mass is 312 g/mol. The summed E-state index contributed by atoms with van der Waals surface area (Å²) in [5.41, 5.74) is 0.263. The maximum atomic E-state index is 13.7. The van der Waals surface area contributed by atoms with Gasteiger partial charge in [-0.25, -0.2) is 8.78 Å². The SMILES string of the molecule is ON=C(c1ccncc1)c1cc(F)c(Br)cc1F. The van der Waals surface area contributed by atoms with Gasteiger partial charge in [0.15, 0.2) is 0 Å². The molecule has 0 saturated heterocycles. The first kappa shape index (κ1) is 12.6. The molecular weight excluding hydrogens is 306 g/mol. The fraction of sp³-hybridized carbons (Fsp3) is 0. The molecule has 0 aliphatic carbocycles. The van der Waals surface area contributed by atoms with Gasteiger partial charge in [0.25, 0.3) is 0 Å². The van der Waals surface area contributed by atoms with Gasteiger partial charge in [-0.05, 0) is 40.2 Å². The molecule has 1 heterocycles. The van der Waals surface area contributed by atoms with Crippen molar-refractivity contribution >= 4 is 21.6 Å². The van der Waals surface area contributed by atoms with Gasteiger partial charge in [0.2, 0.25) is 0 Å². The van der Waals surface area contributed by atoms with Crippen molar-refractivity contribution in [3.8, 4) is 0 Å². The molecule has 0 amide bonds. The summed E-state index contributed by atoms with van der Waals surface area (Å²) in [6.07, 6.45) is 2.93. The van der Waals surface area contributed by atoms with Crippen LogP contribution in [0.5, 0.6) is 0 Å². The molecule has 2 rings (SSSR count). The Morgan fingerprint density at radius 1 is 1.17 bits per heavy atom. The van der Waals surface area contributed by atoms with Crippen molar-refractivity contribution in [3.05, 3.63) is 63.9 Å². The molecule has 0 spiro atoms. The van der Waals surface area contributed by atoms with E-state index < -0.39 is 11.6 Å². The van der Waals surface area contributed by atoms with Gasteiger partial charge in [-0.3, -0.25) is 4.98 Å². The zero-order valence-corrected chi connectivity index (χ0v) is 10.5. The Balaban J connectivity index is 2.57. The van der Waals surface area contributed by atoms with Gasteiger partial charge in [-0.1, -0.05) is 5.16 Å². The van der Waals surface area contributed by atoms with Crippen molar-refractivity contribution in [2.75, 3.05) is 0 Å². The van der Waals surface area contributed by atoms with Crippen LogP contribution in [-0.4, -0.2) is 15.9 Å². The molecule has 1 N–H and O–H groups in total. The Labute approximate surface area is 110 Å². The molecule has 3 nitrogen and oxygen atoms in total. The maximum absolute atomic E-state index is 13.7. The van der Waals surface area contributed by atoms with E-state index >= 15 is 0 Å². The van der Waals surface area contributed by atoms with Crippen LogP contribution in [0.25, 0.3) is 0 Å². The Hall–Kier alpha value is -1.82. The number of halogens is 3. The second-order valence-electron chi connectivity index (χ2n) is 3.43. The van der Waals surface area contributed by atoms with E-state index in [1.165, 1.54) is 24.5 Å².